The molecule has 2 aromatic carbocycles. The molecule has 1 aromatic heterocycles. The zero-order valence-corrected chi connectivity index (χ0v) is 16.1. The number of aromatic nitrogens is 2. The lowest BCUT2D eigenvalue weighted by Crippen LogP contribution is -2.31. The van der Waals surface area contributed by atoms with Crippen LogP contribution >= 0.6 is 0 Å². The molecule has 1 N–H and O–H groups in total. The highest BCUT2D eigenvalue weighted by Crippen LogP contribution is 2.20. The van der Waals surface area contributed by atoms with Gasteiger partial charge in [-0.3, -0.25) is 4.79 Å². The molecule has 3 aromatic rings. The van der Waals surface area contributed by atoms with Crippen LogP contribution in [0.15, 0.2) is 66.9 Å². The number of amides is 1. The molecule has 0 aliphatic carbocycles. The van der Waals surface area contributed by atoms with Crippen molar-refractivity contribution in [3.05, 3.63) is 72.4 Å². The third-order valence-electron chi connectivity index (χ3n) is 4.29. The minimum Gasteiger partial charge on any atom is -0.449 e. The molecule has 0 aliphatic heterocycles. The number of nitrogens with one attached hydrogen (secondary N) is 1. The van der Waals surface area contributed by atoms with Crippen LogP contribution in [-0.4, -0.2) is 27.8 Å². The molecule has 1 heterocycles. The van der Waals surface area contributed by atoms with Crippen molar-refractivity contribution in [2.24, 2.45) is 0 Å². The highest BCUT2D eigenvalue weighted by molar-refractivity contribution is 5.97. The molecule has 1 atom stereocenters. The van der Waals surface area contributed by atoms with Crippen LogP contribution < -0.4 is 5.32 Å². The minimum atomic E-state index is -0.934. The molecule has 1 unspecified atom stereocenters. The number of hydrogen-bond acceptors (Lipinski definition) is 4. The van der Waals surface area contributed by atoms with E-state index in [1.165, 1.54) is 0 Å². The molecule has 0 bridgehead atoms. The van der Waals surface area contributed by atoms with Gasteiger partial charge in [-0.1, -0.05) is 42.5 Å². The Morgan fingerprint density at radius 2 is 1.57 bits per heavy atom. The van der Waals surface area contributed by atoms with Crippen molar-refractivity contribution < 1.29 is 14.3 Å². The van der Waals surface area contributed by atoms with Crippen molar-refractivity contribution in [1.29, 1.82) is 0 Å². The van der Waals surface area contributed by atoms with E-state index in [4.69, 9.17) is 4.74 Å². The second kappa shape index (κ2) is 8.52. The maximum absolute atomic E-state index is 12.4. The van der Waals surface area contributed by atoms with Gasteiger partial charge in [-0.2, -0.15) is 5.10 Å². The molecule has 3 rings (SSSR count). The van der Waals surface area contributed by atoms with Gasteiger partial charge in [0.15, 0.2) is 6.10 Å². The van der Waals surface area contributed by atoms with E-state index in [9.17, 15) is 9.59 Å². The van der Waals surface area contributed by atoms with Crippen molar-refractivity contribution in [3.8, 4) is 11.1 Å². The van der Waals surface area contributed by atoms with Crippen LogP contribution in [0.4, 0.5) is 5.82 Å². The SMILES string of the molecule is CC(OC(=O)c1ccc(-c2ccccc2)cc1)C(=O)Nc1ccnn1C(C)C. The van der Waals surface area contributed by atoms with E-state index in [0.717, 1.165) is 11.1 Å². The third kappa shape index (κ3) is 4.46. The van der Waals surface area contributed by atoms with Crippen LogP contribution in [0.25, 0.3) is 11.1 Å². The lowest BCUT2D eigenvalue weighted by Gasteiger charge is -2.16. The monoisotopic (exact) mass is 377 g/mol. The van der Waals surface area contributed by atoms with Crippen molar-refractivity contribution >= 4 is 17.7 Å². The van der Waals surface area contributed by atoms with Gasteiger partial charge < -0.3 is 10.1 Å². The largest absolute Gasteiger partial charge is 0.449 e. The van der Waals surface area contributed by atoms with Crippen LogP contribution in [0, 0.1) is 0 Å². The summed E-state index contributed by atoms with van der Waals surface area (Å²) in [5, 5.41) is 6.91. The maximum Gasteiger partial charge on any atom is 0.338 e. The molecule has 0 aliphatic rings. The summed E-state index contributed by atoms with van der Waals surface area (Å²) in [5.41, 5.74) is 2.47. The molecule has 0 spiro atoms. The summed E-state index contributed by atoms with van der Waals surface area (Å²) < 4.78 is 7.00. The van der Waals surface area contributed by atoms with Gasteiger partial charge in [0.25, 0.3) is 5.91 Å². The molecule has 28 heavy (non-hydrogen) atoms. The van der Waals surface area contributed by atoms with E-state index >= 15 is 0 Å². The number of hydrogen-bond donors (Lipinski definition) is 1. The first-order chi connectivity index (χ1) is 13.5. The number of ether oxygens (including phenoxy) is 1. The Labute approximate surface area is 164 Å². The summed E-state index contributed by atoms with van der Waals surface area (Å²) in [6, 6.07) is 18.8. The van der Waals surface area contributed by atoms with Crippen LogP contribution in [-0.2, 0) is 9.53 Å². The average Bonchev–Trinajstić information content (AvgIpc) is 3.17. The number of carbonyl (C=O) groups excluding carboxylic acids is 2. The van der Waals surface area contributed by atoms with Gasteiger partial charge in [0, 0.05) is 12.1 Å². The van der Waals surface area contributed by atoms with Gasteiger partial charge in [-0.25, -0.2) is 9.48 Å². The lowest BCUT2D eigenvalue weighted by molar-refractivity contribution is -0.123. The van der Waals surface area contributed by atoms with E-state index in [2.05, 4.69) is 10.4 Å². The van der Waals surface area contributed by atoms with Crippen LogP contribution in [0.1, 0.15) is 37.2 Å². The molecular weight excluding hydrogens is 354 g/mol. The highest BCUT2D eigenvalue weighted by Gasteiger charge is 2.20. The Morgan fingerprint density at radius 3 is 2.21 bits per heavy atom. The molecular formula is C22H23N3O3. The Hall–Kier alpha value is -3.41. The maximum atomic E-state index is 12.4. The first kappa shape index (κ1) is 19.4. The minimum absolute atomic E-state index is 0.103. The molecule has 0 saturated heterocycles. The topological polar surface area (TPSA) is 73.2 Å². The van der Waals surface area contributed by atoms with E-state index in [-0.39, 0.29) is 6.04 Å². The number of nitrogens with zero attached hydrogens (tertiary/aromatic N) is 2. The summed E-state index contributed by atoms with van der Waals surface area (Å²) in [5.74, 6) is -0.383. The predicted octanol–water partition coefficient (Wildman–Crippen LogP) is 4.32. The van der Waals surface area contributed by atoms with E-state index in [1.54, 1.807) is 36.0 Å². The number of rotatable bonds is 6. The lowest BCUT2D eigenvalue weighted by atomic mass is 10.0. The average molecular weight is 377 g/mol. The summed E-state index contributed by atoms with van der Waals surface area (Å²) in [4.78, 5) is 24.7. The Bertz CT molecular complexity index is 947. The van der Waals surface area contributed by atoms with Gasteiger partial charge >= 0.3 is 5.97 Å². The molecule has 144 valence electrons. The highest BCUT2D eigenvalue weighted by atomic mass is 16.5. The molecule has 0 fully saturated rings. The van der Waals surface area contributed by atoms with Gasteiger partial charge in [-0.05, 0) is 44.0 Å². The Kier molecular flexibility index (Phi) is 5.89. The molecule has 0 radical (unpaired) electrons. The summed E-state index contributed by atoms with van der Waals surface area (Å²) in [7, 11) is 0. The van der Waals surface area contributed by atoms with Crippen molar-refractivity contribution in [1.82, 2.24) is 9.78 Å². The smallest absolute Gasteiger partial charge is 0.338 e. The molecule has 0 saturated carbocycles. The quantitative estimate of drug-likeness (QED) is 0.650. The van der Waals surface area contributed by atoms with Gasteiger partial charge in [0.2, 0.25) is 0 Å². The number of esters is 1. The van der Waals surface area contributed by atoms with Gasteiger partial charge in [0.1, 0.15) is 5.82 Å². The van der Waals surface area contributed by atoms with Crippen molar-refractivity contribution in [3.63, 3.8) is 0 Å². The normalized spacial score (nSPS) is 11.9. The fourth-order valence-corrected chi connectivity index (χ4v) is 2.76. The number of benzene rings is 2. The summed E-state index contributed by atoms with van der Waals surface area (Å²) >= 11 is 0. The second-order valence-electron chi connectivity index (χ2n) is 6.73. The number of anilines is 1. The third-order valence-corrected chi connectivity index (χ3v) is 4.29. The standard InChI is InChI=1S/C22H23N3O3/c1-15(2)25-20(13-14-23-25)24-21(26)16(3)28-22(27)19-11-9-18(10-12-19)17-7-5-4-6-8-17/h4-16H,1-3H3,(H,24,26). The van der Waals surface area contributed by atoms with Crippen LogP contribution in [0.5, 0.6) is 0 Å². The van der Waals surface area contributed by atoms with E-state index in [0.29, 0.717) is 11.4 Å². The van der Waals surface area contributed by atoms with Gasteiger partial charge in [-0.15, -0.1) is 0 Å². The Balaban J connectivity index is 1.62. The van der Waals surface area contributed by atoms with Crippen LogP contribution in [0.2, 0.25) is 0 Å². The molecule has 6 heteroatoms. The van der Waals surface area contributed by atoms with E-state index in [1.807, 2.05) is 56.3 Å². The molecule has 1 amide bonds. The summed E-state index contributed by atoms with van der Waals surface area (Å²) in [6.45, 7) is 5.47. The fraction of sp³-hybridized carbons (Fsp3) is 0.227. The first-order valence-electron chi connectivity index (χ1n) is 9.16. The second-order valence-corrected chi connectivity index (χ2v) is 6.73. The number of carbonyl (C=O) groups is 2. The predicted molar refractivity (Wildman–Crippen MR) is 108 cm³/mol. The first-order valence-corrected chi connectivity index (χ1v) is 9.16. The Morgan fingerprint density at radius 1 is 0.929 bits per heavy atom. The fourth-order valence-electron chi connectivity index (χ4n) is 2.76. The van der Waals surface area contributed by atoms with Crippen LogP contribution in [0.3, 0.4) is 0 Å². The van der Waals surface area contributed by atoms with Crippen molar-refractivity contribution in [2.45, 2.75) is 32.9 Å². The van der Waals surface area contributed by atoms with E-state index < -0.39 is 18.0 Å². The zero-order chi connectivity index (χ0) is 20.1. The zero-order valence-electron chi connectivity index (χ0n) is 16.1. The van der Waals surface area contributed by atoms with Crippen molar-refractivity contribution in [2.75, 3.05) is 5.32 Å². The summed E-state index contributed by atoms with van der Waals surface area (Å²) in [6.07, 6.45) is 0.678. The molecule has 6 nitrogen and oxygen atoms in total. The van der Waals surface area contributed by atoms with Gasteiger partial charge in [0.05, 0.1) is 11.8 Å².